The van der Waals surface area contributed by atoms with E-state index in [0.717, 1.165) is 0 Å². The average Bonchev–Trinajstić information content (AvgIpc) is 1.25. The van der Waals surface area contributed by atoms with Crippen LogP contribution in [-0.2, 0) is 0 Å². The van der Waals surface area contributed by atoms with Crippen molar-refractivity contribution >= 4 is 72.8 Å². The Kier molecular flexibility index (Phi) is 36.8. The first-order valence-corrected chi connectivity index (χ1v) is 1.10. The van der Waals surface area contributed by atoms with Crippen LogP contribution >= 0.6 is 0 Å². The van der Waals surface area contributed by atoms with Crippen LogP contribution in [0, 0.1) is 30.6 Å². The zero-order chi connectivity index (χ0) is 7.15. The zero-order valence-electron chi connectivity index (χ0n) is 6.76. The summed E-state index contributed by atoms with van der Waals surface area (Å²) in [6.45, 7) is 0. The van der Waals surface area contributed by atoms with Gasteiger partial charge in [0.05, 0.1) is 10.2 Å². The number of rotatable bonds is 0. The molecule has 0 aliphatic carbocycles. The number of nitrogens with zero attached hydrogens (tertiary/aromatic N) is 2. The van der Waals surface area contributed by atoms with Crippen molar-refractivity contribution in [3.63, 3.8) is 0 Å². The van der Waals surface area contributed by atoms with Crippen molar-refractivity contribution in [2.24, 2.45) is 0 Å². The van der Waals surface area contributed by atoms with Crippen LogP contribution in [0.3, 0.4) is 0 Å². The first-order valence-electron chi connectivity index (χ1n) is 1.10. The van der Waals surface area contributed by atoms with E-state index in [9.17, 15) is 0 Å². The first kappa shape index (κ1) is 22.4. The van der Waals surface area contributed by atoms with Crippen molar-refractivity contribution in [1.29, 1.82) is 0 Å². The van der Waals surface area contributed by atoms with Gasteiger partial charge in [0, 0.05) is 0 Å². The molecule has 8 nitrogen and oxygen atoms in total. The third kappa shape index (κ3) is 832. The molecule has 0 fully saturated rings. The van der Waals surface area contributed by atoms with Crippen molar-refractivity contribution in [3.05, 3.63) is 30.6 Å². The van der Waals surface area contributed by atoms with E-state index in [0.29, 0.717) is 0 Å². The maximum atomic E-state index is 8.25. The van der Waals surface area contributed by atoms with Crippen LogP contribution in [-0.4, -0.2) is 83.0 Å². The average molecular weight is 423 g/mol. The van der Waals surface area contributed by atoms with Gasteiger partial charge in [-0.25, -0.2) is 0 Å². The summed E-state index contributed by atoms with van der Waals surface area (Å²) in [5.74, 6) is 0. The van der Waals surface area contributed by atoms with Gasteiger partial charge in [-0.1, -0.05) is 0 Å². The van der Waals surface area contributed by atoms with Gasteiger partial charge >= 0.3 is 72.8 Å². The summed E-state index contributed by atoms with van der Waals surface area (Å²) in [6.07, 6.45) is 0. The Morgan fingerprint density at radius 1 is 0.900 bits per heavy atom. The molecule has 0 heterocycles. The van der Waals surface area contributed by atoms with E-state index in [-0.39, 0.29) is 75.6 Å². The van der Waals surface area contributed by atoms with Gasteiger partial charge < -0.3 is 33.5 Å². The molecule has 0 rings (SSSR count). The molecule has 10 heavy (non-hydrogen) atoms. The van der Waals surface area contributed by atoms with E-state index in [1.165, 1.54) is 0 Å². The van der Waals surface area contributed by atoms with E-state index >= 15 is 0 Å². The summed E-state index contributed by atoms with van der Waals surface area (Å²) < 4.78 is 0. The van der Waals surface area contributed by atoms with Crippen LogP contribution in [0.4, 0.5) is 0 Å². The molecule has 0 saturated heterocycles. The first-order chi connectivity index (χ1) is 3.46. The Morgan fingerprint density at radius 2 is 0.900 bits per heavy atom. The maximum Gasteiger partial charge on any atom is 2.00 e. The van der Waals surface area contributed by atoms with Crippen molar-refractivity contribution in [1.82, 2.24) is 0 Å². The molecule has 0 spiro atoms. The van der Waals surface area contributed by atoms with Crippen LogP contribution in [0.25, 0.3) is 0 Å². The third-order valence-corrected chi connectivity index (χ3v) is 0. The fraction of sp³-hybridized carbons (Fsp3) is 0. The van der Waals surface area contributed by atoms with Crippen molar-refractivity contribution in [2.75, 3.05) is 0 Å². The molecule has 2 radical (unpaired) electrons. The topological polar surface area (TPSA) is 132 Å². The second kappa shape index (κ2) is 16.4. The van der Waals surface area contributed by atoms with Crippen LogP contribution in [0.15, 0.2) is 0 Å². The van der Waals surface area contributed by atoms with E-state index in [2.05, 4.69) is 0 Å². The van der Waals surface area contributed by atoms with Crippen molar-refractivity contribution in [2.45, 2.75) is 0 Å². The number of hydrogen-bond donors (Lipinski definition) is 0. The van der Waals surface area contributed by atoms with Crippen LogP contribution < -0.4 is 0 Å². The quantitative estimate of drug-likeness (QED) is 0.264. The Bertz CT molecular complexity index is 81.5. The summed E-state index contributed by atoms with van der Waals surface area (Å²) in [4.78, 5) is 16.5. The molecular formula is H4N2O6PbSr-2. The summed E-state index contributed by atoms with van der Waals surface area (Å²) in [5.41, 5.74) is 0. The van der Waals surface area contributed by atoms with Gasteiger partial charge in [-0.05, 0) is 0 Å². The van der Waals surface area contributed by atoms with Gasteiger partial charge in [0.1, 0.15) is 0 Å². The van der Waals surface area contributed by atoms with Crippen LogP contribution in [0.5, 0.6) is 0 Å². The van der Waals surface area contributed by atoms with E-state index in [1.807, 2.05) is 0 Å². The molecule has 58 valence electrons. The molecule has 0 unspecified atom stereocenters. The minimum absolute atomic E-state index is 0. The molecular weight excluding hydrogens is 419 g/mol. The normalized spacial score (nSPS) is 4.80. The molecule has 0 N–H and O–H groups in total. The molecule has 0 aromatic heterocycles. The third-order valence-electron chi connectivity index (χ3n) is 0. The van der Waals surface area contributed by atoms with E-state index < -0.39 is 10.2 Å². The number of hydrogen-bond acceptors (Lipinski definition) is 6. The molecule has 0 saturated carbocycles. The SMILES string of the molecule is O=[N+]([O-])[O-].O=[N+]([O-])[O-].[H-].[H-].[PbH2].[Sr+2]. The van der Waals surface area contributed by atoms with E-state index in [1.54, 1.807) is 0 Å². The predicted octanol–water partition coefficient (Wildman–Crippen LogP) is -1.55. The second-order valence-electron chi connectivity index (χ2n) is 0.447. The minimum Gasteiger partial charge on any atom is 2.00 e. The Labute approximate surface area is 115 Å². The fourth-order valence-electron chi connectivity index (χ4n) is 0. The van der Waals surface area contributed by atoms with Gasteiger partial charge in [0.2, 0.25) is 0 Å². The molecule has 0 aliphatic rings. The smallest absolute Gasteiger partial charge is 2.00 e. The standard InChI is InChI=1S/2NO3.Pb.Sr.4H/c2*2-1(3)4;;;;;;/q2*-1;;+2;;;2*-1. The summed E-state index contributed by atoms with van der Waals surface area (Å²) in [7, 11) is 0. The van der Waals surface area contributed by atoms with Crippen LogP contribution in [0.2, 0.25) is 0 Å². The molecule has 0 atom stereocenters. The maximum absolute atomic E-state index is 8.25. The van der Waals surface area contributed by atoms with Gasteiger partial charge in [-0.2, -0.15) is 0 Å². The fourth-order valence-corrected chi connectivity index (χ4v) is 0. The molecule has 0 aromatic carbocycles. The summed E-state index contributed by atoms with van der Waals surface area (Å²) in [5, 5.41) is 29.5. The van der Waals surface area contributed by atoms with Gasteiger partial charge in [0.15, 0.2) is 0 Å². The Morgan fingerprint density at radius 3 is 0.900 bits per heavy atom. The molecule has 0 aliphatic heterocycles. The monoisotopic (exact) mass is 424 g/mol. The van der Waals surface area contributed by atoms with Gasteiger partial charge in [0.25, 0.3) is 0 Å². The van der Waals surface area contributed by atoms with E-state index in [4.69, 9.17) is 30.6 Å². The zero-order valence-corrected chi connectivity index (χ0v) is 13.7. The van der Waals surface area contributed by atoms with Crippen LogP contribution in [0.1, 0.15) is 2.85 Å². The minimum atomic E-state index is -1.75. The molecule has 0 amide bonds. The van der Waals surface area contributed by atoms with Gasteiger partial charge in [-0.15, -0.1) is 0 Å². The summed E-state index contributed by atoms with van der Waals surface area (Å²) >= 11 is 0. The summed E-state index contributed by atoms with van der Waals surface area (Å²) in [6, 6.07) is 0. The predicted molar refractivity (Wildman–Crippen MR) is 37.2 cm³/mol. The largest absolute Gasteiger partial charge is 2.00 e. The molecule has 0 bridgehead atoms. The Hall–Kier alpha value is 0.803. The van der Waals surface area contributed by atoms with Crippen molar-refractivity contribution in [3.8, 4) is 0 Å². The molecule has 10 heteroatoms. The van der Waals surface area contributed by atoms with Gasteiger partial charge in [-0.3, -0.25) is 0 Å². The molecule has 0 aromatic rings. The van der Waals surface area contributed by atoms with Crippen molar-refractivity contribution < 1.29 is 13.0 Å². The second-order valence-corrected chi connectivity index (χ2v) is 0.447. The Balaban J connectivity index is -0.0000000112.